The number of amides is 1. The van der Waals surface area contributed by atoms with Gasteiger partial charge in [0, 0.05) is 52.1 Å². The number of alkyl carbamates (subject to hydrolysis) is 1. The Morgan fingerprint density at radius 1 is 0.920 bits per heavy atom. The van der Waals surface area contributed by atoms with Gasteiger partial charge in [-0.1, -0.05) is 49.6 Å². The van der Waals surface area contributed by atoms with Gasteiger partial charge in [0.25, 0.3) is 23.5 Å². The van der Waals surface area contributed by atoms with Crippen LogP contribution in [0.25, 0.3) is 22.2 Å². The van der Waals surface area contributed by atoms with Gasteiger partial charge in [-0.3, -0.25) is 18.5 Å². The maximum Gasteiger partial charge on any atom is 0.408 e. The van der Waals surface area contributed by atoms with Crippen molar-refractivity contribution in [1.82, 2.24) is 19.9 Å². The number of hydrogen-bond donors (Lipinski definition) is 3. The van der Waals surface area contributed by atoms with Crippen LogP contribution in [-0.4, -0.2) is 82.0 Å². The number of nitrogen functional groups attached to an aromatic ring is 1. The first-order chi connectivity index (χ1) is 41.1. The molecule has 4 unspecified atom stereocenters. The summed E-state index contributed by atoms with van der Waals surface area (Å²) in [6.07, 6.45) is 14.2. The van der Waals surface area contributed by atoms with Crippen molar-refractivity contribution in [2.75, 3.05) is 32.1 Å². The molecule has 4 aliphatic carbocycles. The van der Waals surface area contributed by atoms with Crippen molar-refractivity contribution in [2.24, 2.45) is 0 Å². The number of nitrogens with zero attached hydrogens (tertiary/aromatic N) is 3. The van der Waals surface area contributed by atoms with Crippen LogP contribution in [0, 0.1) is 11.8 Å². The summed E-state index contributed by atoms with van der Waals surface area (Å²) >= 11 is 0. The van der Waals surface area contributed by atoms with Gasteiger partial charge in [-0.2, -0.15) is 0 Å². The Morgan fingerprint density at radius 2 is 1.68 bits per heavy atom. The van der Waals surface area contributed by atoms with Crippen molar-refractivity contribution in [3.63, 3.8) is 0 Å². The molecule has 5 aromatic rings. The number of nitrogens with one attached hydrogen (secondary N) is 1. The third-order valence-electron chi connectivity index (χ3n) is 16.6. The lowest BCUT2D eigenvalue weighted by Crippen LogP contribution is -2.33. The number of Topliss-reactive ketones (excluding diaryl/α,β-unsaturated/α-hetero) is 1. The molecule has 1 fully saturated rings. The Balaban J connectivity index is 0.00000838. The number of anilines is 1. The molecule has 6 aliphatic rings. The number of carboxylic acid groups (broad SMARTS) is 1. The first kappa shape index (κ1) is 63.4. The first-order valence-corrected chi connectivity index (χ1v) is 33.0. The van der Waals surface area contributed by atoms with E-state index in [1.165, 1.54) is 57.1 Å². The molecule has 2 aliphatic heterocycles. The van der Waals surface area contributed by atoms with Crippen molar-refractivity contribution >= 4 is 69.3 Å². The number of ketones is 1. The van der Waals surface area contributed by atoms with Gasteiger partial charge in [-0.05, 0) is 153 Å². The van der Waals surface area contributed by atoms with Crippen LogP contribution in [0.4, 0.5) is 10.6 Å². The van der Waals surface area contributed by atoms with E-state index in [2.05, 4.69) is 65.6 Å². The van der Waals surface area contributed by atoms with Gasteiger partial charge in [0.05, 0.1) is 55.4 Å². The number of benzene rings is 3. The van der Waals surface area contributed by atoms with Crippen molar-refractivity contribution in [1.29, 1.82) is 0 Å². The number of phosphoric ester groups is 1. The zero-order valence-electron chi connectivity index (χ0n) is 46.8. The Morgan fingerprint density at radius 3 is 2.45 bits per heavy atom. The highest BCUT2D eigenvalue weighted by Crippen LogP contribution is 2.61. The zero-order valence-corrected chi connectivity index (χ0v) is 49.5. The molecule has 462 valence electrons. The van der Waals surface area contributed by atoms with Crippen LogP contribution < -0.4 is 46.0 Å². The summed E-state index contributed by atoms with van der Waals surface area (Å²) in [5.41, 5.74) is 17.9. The van der Waals surface area contributed by atoms with Gasteiger partial charge in [-0.25, -0.2) is 23.4 Å². The largest absolute Gasteiger partial charge is 0.756 e. The fraction of sp³-hybridized carbons (Fsp3) is 0.426. The number of aromatic carboxylic acids is 1. The van der Waals surface area contributed by atoms with Crippen LogP contribution in [0.2, 0.25) is 0 Å². The third-order valence-corrected chi connectivity index (χ3v) is 20.3. The molecule has 1 amide bonds. The minimum Gasteiger partial charge on any atom is -0.756 e. The smallest absolute Gasteiger partial charge is 0.408 e. The number of nitrogens with two attached hydrogens (primary N) is 1. The molecule has 0 saturated carbocycles. The molecule has 3 aromatic carbocycles. The second-order valence-electron chi connectivity index (χ2n) is 22.3. The maximum atomic E-state index is 14.1. The molecule has 1 saturated heterocycles. The van der Waals surface area contributed by atoms with E-state index in [-0.39, 0.29) is 63.7 Å². The minimum atomic E-state index is -6.12. The second-order valence-corrected chi connectivity index (χ2v) is 26.6. The molecule has 0 radical (unpaired) electrons. The standard InChI is InChI=1S/C60H66N5O18P3.CH4/c1-3-24-77-49-28-41(80-50(49)32-79-85(73,74)83-86(75,76)82-84(70,71)72)30-65-29-40(53-57(61)63-33-64-58(53)65)17-9-23-62-60(69)78-31-34(2)10-4-20-48(66)37-21-22-42(59(67)68)45(25-37)54-46-26-38-15-5-11-35-13-7-18-43(51(35)38)55(46)81-56-44-19-8-14-36-12-6-16-39(52(36)44)27-47(54)56;/h3,21-22,25-27,29,33,35,41,49-50H,1-2,4-8,10-16,18-20,23-24,28,30-32H2,(H,62,69)(H,67,68)(H,73,74)(H,75,76)(H2,61,63,64)(H2,70,71,72);1H4/p-4/t35?,41-,49-,50-;/m1./s1. The minimum absolute atomic E-state index is 0. The Kier molecular flexibility index (Phi) is 19.1. The van der Waals surface area contributed by atoms with Gasteiger partial charge in [0.2, 0.25) is 0 Å². The maximum absolute atomic E-state index is 14.1. The predicted molar refractivity (Wildman–Crippen MR) is 311 cm³/mol. The molecule has 11 rings (SSSR count). The topological polar surface area (TPSA) is 348 Å². The van der Waals surface area contributed by atoms with Gasteiger partial charge >= 0.3 is 6.09 Å². The molecule has 23 nitrogen and oxygen atoms in total. The molecular weight excluding hydrogens is 1180 g/mol. The van der Waals surface area contributed by atoms with Gasteiger partial charge in [-0.15, -0.1) is 6.58 Å². The number of carboxylic acids is 1. The van der Waals surface area contributed by atoms with E-state index in [9.17, 15) is 47.9 Å². The van der Waals surface area contributed by atoms with E-state index >= 15 is 0 Å². The lowest BCUT2D eigenvalue weighted by atomic mass is 9.71. The average Bonchev–Trinajstić information content (AvgIpc) is 1.31. The molecule has 0 spiro atoms. The number of hydrogen-bond acceptors (Lipinski definition) is 20. The molecule has 26 heteroatoms. The summed E-state index contributed by atoms with van der Waals surface area (Å²) in [5, 5.41) is 18.3. The number of aryl methyl sites for hydroxylation is 2. The summed E-state index contributed by atoms with van der Waals surface area (Å²) in [6, 6.07) is 9.24. The third kappa shape index (κ3) is 14.0. The SMILES string of the molecule is C.C=CCO[C@@H]1C[C@H](Cn2cc(C#CCNC(=O)OCC(=C)CCCC(=O)c3ccc(C(=O)[O-])c(C4=c5cc6c7c(c5Oc5c4cc4c8c5CCCC8CCC4)CCCC=7CCC6)c3)c3c(N)ncnc32)O[C@@H]1COP(=O)([O-])OP(=O)([O-])OP(=O)([O-])O. The quantitative estimate of drug-likeness (QED) is 0.0312. The molecule has 7 atom stereocenters. The Hall–Kier alpha value is -6.60. The van der Waals surface area contributed by atoms with Gasteiger partial charge in [0.15, 0.2) is 5.78 Å². The molecule has 4 heterocycles. The Bertz CT molecular complexity index is 3970. The van der Waals surface area contributed by atoms with E-state index in [0.29, 0.717) is 52.1 Å². The lowest BCUT2D eigenvalue weighted by Gasteiger charge is -2.37. The summed E-state index contributed by atoms with van der Waals surface area (Å²) in [5.74, 6) is 6.52. The number of phosphoric acid groups is 3. The van der Waals surface area contributed by atoms with E-state index in [4.69, 9.17) is 29.6 Å². The lowest BCUT2D eigenvalue weighted by molar-refractivity contribution is -0.255. The second kappa shape index (κ2) is 26.2. The first-order valence-electron chi connectivity index (χ1n) is 28.6. The van der Waals surface area contributed by atoms with Crippen molar-refractivity contribution in [3.05, 3.63) is 134 Å². The monoisotopic (exact) mass is 1250 g/mol. The van der Waals surface area contributed by atoms with E-state index < -0.39 is 60.4 Å². The highest BCUT2D eigenvalue weighted by molar-refractivity contribution is 7.65. The normalized spacial score (nSPS) is 20.9. The van der Waals surface area contributed by atoms with Crippen LogP contribution in [0.15, 0.2) is 67.7 Å². The van der Waals surface area contributed by atoms with E-state index in [1.54, 1.807) is 22.9 Å². The van der Waals surface area contributed by atoms with Crippen LogP contribution in [0.3, 0.4) is 0 Å². The van der Waals surface area contributed by atoms with E-state index in [0.717, 1.165) is 105 Å². The summed E-state index contributed by atoms with van der Waals surface area (Å²) in [7, 11) is -17.9. The number of rotatable bonds is 22. The molecule has 0 bridgehead atoms. The van der Waals surface area contributed by atoms with Crippen molar-refractivity contribution in [2.45, 2.75) is 141 Å². The number of fused-ring (bicyclic) bond motifs is 5. The van der Waals surface area contributed by atoms with Crippen LogP contribution in [0.5, 0.6) is 11.5 Å². The highest BCUT2D eigenvalue weighted by atomic mass is 31.3. The molecular formula is C61H66N5O18P3-4. The predicted octanol–water partition coefficient (Wildman–Crippen LogP) is 5.81. The molecule has 87 heavy (non-hydrogen) atoms. The van der Waals surface area contributed by atoms with Crippen molar-refractivity contribution < 1.29 is 84.9 Å². The highest BCUT2D eigenvalue weighted by Gasteiger charge is 2.39. The fourth-order valence-electron chi connectivity index (χ4n) is 13.2. The number of aromatic nitrogens is 3. The summed E-state index contributed by atoms with van der Waals surface area (Å²) < 4.78 is 72.6. The van der Waals surface area contributed by atoms with Gasteiger partial charge in [0.1, 0.15) is 42.0 Å². The summed E-state index contributed by atoms with van der Waals surface area (Å²) in [4.78, 5) is 92.0. The van der Waals surface area contributed by atoms with E-state index in [1.807, 2.05) is 0 Å². The molecule has 2 aromatic heterocycles. The van der Waals surface area contributed by atoms with Crippen molar-refractivity contribution in [3.8, 4) is 23.3 Å². The fourth-order valence-corrected chi connectivity index (χ4v) is 16.1. The van der Waals surface area contributed by atoms with Gasteiger partial charge < -0.3 is 68.6 Å². The summed E-state index contributed by atoms with van der Waals surface area (Å²) in [6.45, 7) is 6.63. The average molecular weight is 1250 g/mol. The number of carbonyl (C=O) groups is 3. The van der Waals surface area contributed by atoms with Crippen LogP contribution in [-0.2, 0) is 73.3 Å². The van der Waals surface area contributed by atoms with Crippen LogP contribution in [0.1, 0.15) is 156 Å². The number of ether oxygens (including phenoxy) is 4. The number of carbonyl (C=O) groups excluding carboxylic acids is 3. The zero-order chi connectivity index (χ0) is 60.7. The molecule has 4 N–H and O–H groups in total. The van der Waals surface area contributed by atoms with Crippen LogP contribution >= 0.6 is 23.5 Å². The Labute approximate surface area is 502 Å².